The fraction of sp³-hybridized carbons (Fsp3) is 0.889. The Hall–Kier alpha value is -0.610. The van der Waals surface area contributed by atoms with E-state index in [0.717, 1.165) is 0 Å². The highest BCUT2D eigenvalue weighted by Gasteiger charge is 2.49. The Kier molecular flexibility index (Phi) is 3.69. The first-order valence-electron chi connectivity index (χ1n) is 4.66. The minimum absolute atomic E-state index is 0.0531. The third kappa shape index (κ3) is 2.67. The minimum Gasteiger partial charge on any atom is -0.481 e. The molecule has 0 radical (unpaired) electrons. The Morgan fingerprint density at radius 1 is 1.46 bits per heavy atom. The summed E-state index contributed by atoms with van der Waals surface area (Å²) in [5.41, 5.74) is 0. The van der Waals surface area contributed by atoms with E-state index >= 15 is 0 Å². The van der Waals surface area contributed by atoms with Crippen LogP contribution in [0.1, 0.15) is 20.3 Å². The molecule has 1 rings (SSSR count). The molecule has 0 saturated heterocycles. The Morgan fingerprint density at radius 2 is 2.00 bits per heavy atom. The predicted molar refractivity (Wildman–Crippen MR) is 46.3 cm³/mol. The summed E-state index contributed by atoms with van der Waals surface area (Å²) >= 11 is 0. The topological polar surface area (TPSA) is 55.8 Å². The molecule has 4 heteroatoms. The summed E-state index contributed by atoms with van der Waals surface area (Å²) in [4.78, 5) is 10.6. The number of aliphatic carboxylic acids is 1. The molecular formula is C9H16O4. The lowest BCUT2D eigenvalue weighted by Crippen LogP contribution is -2.22. The summed E-state index contributed by atoms with van der Waals surface area (Å²) in [5.74, 6) is -0.949. The van der Waals surface area contributed by atoms with Crippen molar-refractivity contribution in [2.45, 2.75) is 26.6 Å². The Labute approximate surface area is 77.8 Å². The molecule has 4 nitrogen and oxygen atoms in total. The van der Waals surface area contributed by atoms with Crippen LogP contribution in [0.15, 0.2) is 0 Å². The minimum atomic E-state index is -0.741. The molecule has 1 aliphatic carbocycles. The molecule has 1 aliphatic rings. The number of carboxylic acids is 1. The van der Waals surface area contributed by atoms with Gasteiger partial charge in [0.25, 0.3) is 0 Å². The fourth-order valence-corrected chi connectivity index (χ4v) is 1.42. The van der Waals surface area contributed by atoms with E-state index in [1.54, 1.807) is 0 Å². The number of ether oxygens (including phenoxy) is 2. The van der Waals surface area contributed by atoms with Gasteiger partial charge < -0.3 is 14.6 Å². The van der Waals surface area contributed by atoms with Gasteiger partial charge in [-0.15, -0.1) is 0 Å². The summed E-state index contributed by atoms with van der Waals surface area (Å²) in [6.07, 6.45) is 0.357. The maximum atomic E-state index is 10.6. The SMILES string of the molecule is CCOC(OCC)[C@@H]1C[C@H]1C(=O)O. The van der Waals surface area contributed by atoms with Crippen LogP contribution >= 0.6 is 0 Å². The van der Waals surface area contributed by atoms with Crippen LogP contribution in [0.25, 0.3) is 0 Å². The molecule has 0 heterocycles. The fourth-order valence-electron chi connectivity index (χ4n) is 1.42. The smallest absolute Gasteiger partial charge is 0.306 e. The van der Waals surface area contributed by atoms with Crippen LogP contribution in [0.5, 0.6) is 0 Å². The number of carbonyl (C=O) groups is 1. The van der Waals surface area contributed by atoms with Gasteiger partial charge in [-0.1, -0.05) is 0 Å². The summed E-state index contributed by atoms with van der Waals surface area (Å²) in [6.45, 7) is 4.88. The maximum Gasteiger partial charge on any atom is 0.306 e. The van der Waals surface area contributed by atoms with Crippen molar-refractivity contribution in [1.29, 1.82) is 0 Å². The average Bonchev–Trinajstić information content (AvgIpc) is 2.82. The molecule has 1 fully saturated rings. The van der Waals surface area contributed by atoms with Gasteiger partial charge in [-0.05, 0) is 20.3 Å². The van der Waals surface area contributed by atoms with E-state index in [4.69, 9.17) is 14.6 Å². The average molecular weight is 188 g/mol. The summed E-state index contributed by atoms with van der Waals surface area (Å²) < 4.78 is 10.6. The molecule has 0 bridgehead atoms. The van der Waals surface area contributed by atoms with Crippen molar-refractivity contribution < 1.29 is 19.4 Å². The summed E-state index contributed by atoms with van der Waals surface area (Å²) in [6, 6.07) is 0. The molecule has 0 amide bonds. The first-order chi connectivity index (χ1) is 6.20. The number of hydrogen-bond acceptors (Lipinski definition) is 3. The van der Waals surface area contributed by atoms with Gasteiger partial charge in [-0.25, -0.2) is 0 Å². The van der Waals surface area contributed by atoms with Crippen molar-refractivity contribution >= 4 is 5.97 Å². The van der Waals surface area contributed by atoms with Crippen molar-refractivity contribution in [3.05, 3.63) is 0 Å². The van der Waals surface area contributed by atoms with Gasteiger partial charge in [0.15, 0.2) is 6.29 Å². The van der Waals surface area contributed by atoms with Gasteiger partial charge in [0.2, 0.25) is 0 Å². The first-order valence-corrected chi connectivity index (χ1v) is 4.66. The predicted octanol–water partition coefficient (Wildman–Crippen LogP) is 1.11. The van der Waals surface area contributed by atoms with E-state index < -0.39 is 5.97 Å². The zero-order valence-corrected chi connectivity index (χ0v) is 8.03. The van der Waals surface area contributed by atoms with Gasteiger partial charge in [0.1, 0.15) is 0 Å². The quantitative estimate of drug-likeness (QED) is 0.634. The zero-order valence-electron chi connectivity index (χ0n) is 8.03. The Morgan fingerprint density at radius 3 is 2.31 bits per heavy atom. The van der Waals surface area contributed by atoms with Crippen molar-refractivity contribution in [1.82, 2.24) is 0 Å². The van der Waals surface area contributed by atoms with Crippen LogP contribution in [0.4, 0.5) is 0 Å². The molecular weight excluding hydrogens is 172 g/mol. The molecule has 1 saturated carbocycles. The summed E-state index contributed by atoms with van der Waals surface area (Å²) in [5, 5.41) is 8.70. The van der Waals surface area contributed by atoms with Gasteiger partial charge in [0, 0.05) is 19.1 Å². The number of carboxylic acid groups (broad SMARTS) is 1. The monoisotopic (exact) mass is 188 g/mol. The second kappa shape index (κ2) is 4.58. The largest absolute Gasteiger partial charge is 0.481 e. The van der Waals surface area contributed by atoms with Crippen LogP contribution in [-0.4, -0.2) is 30.6 Å². The van der Waals surface area contributed by atoms with Gasteiger partial charge in [-0.3, -0.25) is 4.79 Å². The van der Waals surface area contributed by atoms with Crippen LogP contribution in [0.2, 0.25) is 0 Å². The molecule has 0 aromatic heterocycles. The second-order valence-electron chi connectivity index (χ2n) is 3.12. The highest BCUT2D eigenvalue weighted by molar-refractivity contribution is 5.73. The van der Waals surface area contributed by atoms with E-state index in [1.807, 2.05) is 13.8 Å². The molecule has 0 aromatic carbocycles. The second-order valence-corrected chi connectivity index (χ2v) is 3.12. The van der Waals surface area contributed by atoms with Crippen molar-refractivity contribution in [2.24, 2.45) is 11.8 Å². The normalized spacial score (nSPS) is 26.4. The van der Waals surface area contributed by atoms with E-state index in [0.29, 0.717) is 19.6 Å². The number of rotatable bonds is 6. The maximum absolute atomic E-state index is 10.6. The molecule has 76 valence electrons. The third-order valence-electron chi connectivity index (χ3n) is 2.17. The van der Waals surface area contributed by atoms with Crippen LogP contribution in [-0.2, 0) is 14.3 Å². The van der Waals surface area contributed by atoms with Crippen LogP contribution < -0.4 is 0 Å². The lowest BCUT2D eigenvalue weighted by molar-refractivity contribution is -0.157. The van der Waals surface area contributed by atoms with Crippen molar-refractivity contribution in [2.75, 3.05) is 13.2 Å². The highest BCUT2D eigenvalue weighted by atomic mass is 16.7. The molecule has 0 aliphatic heterocycles. The molecule has 1 N–H and O–H groups in total. The molecule has 0 aromatic rings. The van der Waals surface area contributed by atoms with Crippen molar-refractivity contribution in [3.63, 3.8) is 0 Å². The van der Waals surface area contributed by atoms with Crippen molar-refractivity contribution in [3.8, 4) is 0 Å². The standard InChI is InChI=1S/C9H16O4/c1-3-12-9(13-4-2)7-5-6(7)8(10)11/h6-7,9H,3-5H2,1-2H3,(H,10,11)/t6-,7-/m1/s1. The lowest BCUT2D eigenvalue weighted by atomic mass is 10.3. The van der Waals surface area contributed by atoms with E-state index in [9.17, 15) is 4.79 Å². The van der Waals surface area contributed by atoms with E-state index in [-0.39, 0.29) is 18.1 Å². The molecule has 13 heavy (non-hydrogen) atoms. The van der Waals surface area contributed by atoms with E-state index in [2.05, 4.69) is 0 Å². The molecule has 0 spiro atoms. The Bertz CT molecular complexity index is 174. The first kappa shape index (κ1) is 10.5. The third-order valence-corrected chi connectivity index (χ3v) is 2.17. The molecule has 0 unspecified atom stereocenters. The molecule has 2 atom stereocenters. The number of hydrogen-bond donors (Lipinski definition) is 1. The van der Waals surface area contributed by atoms with E-state index in [1.165, 1.54) is 0 Å². The highest BCUT2D eigenvalue weighted by Crippen LogP contribution is 2.42. The van der Waals surface area contributed by atoms with Crippen LogP contribution in [0.3, 0.4) is 0 Å². The van der Waals surface area contributed by atoms with Gasteiger partial charge >= 0.3 is 5.97 Å². The Balaban J connectivity index is 2.35. The van der Waals surface area contributed by atoms with Crippen LogP contribution in [0, 0.1) is 11.8 Å². The lowest BCUT2D eigenvalue weighted by Gasteiger charge is -2.15. The summed E-state index contributed by atoms with van der Waals surface area (Å²) in [7, 11) is 0. The van der Waals surface area contributed by atoms with Gasteiger partial charge in [0.05, 0.1) is 5.92 Å². The zero-order chi connectivity index (χ0) is 9.84. The van der Waals surface area contributed by atoms with Gasteiger partial charge in [-0.2, -0.15) is 0 Å².